The number of nitrogens with zero attached hydrogens (tertiary/aromatic N) is 5. The topological polar surface area (TPSA) is 86.2 Å². The molecule has 0 N–H and O–H groups in total. The Morgan fingerprint density at radius 3 is 2.86 bits per heavy atom. The number of amides is 1. The fraction of sp³-hybridized carbons (Fsp3) is 0.400. The Kier molecular flexibility index (Phi) is 4.85. The lowest BCUT2D eigenvalue weighted by molar-refractivity contribution is 0.0669. The predicted octanol–water partition coefficient (Wildman–Crippen LogP) is 2.51. The van der Waals surface area contributed by atoms with E-state index >= 15 is 0 Å². The largest absolute Gasteiger partial charge is 0.463 e. The van der Waals surface area contributed by atoms with E-state index in [1.807, 2.05) is 19.9 Å². The Hall–Kier alpha value is -3.16. The van der Waals surface area contributed by atoms with Gasteiger partial charge in [0.2, 0.25) is 0 Å². The maximum atomic E-state index is 13.0. The molecule has 4 heterocycles. The van der Waals surface area contributed by atoms with Crippen molar-refractivity contribution in [2.75, 3.05) is 13.1 Å². The summed E-state index contributed by atoms with van der Waals surface area (Å²) in [6, 6.07) is 6.59. The van der Waals surface area contributed by atoms with Crippen LogP contribution in [-0.2, 0) is 6.54 Å². The highest BCUT2D eigenvalue weighted by Crippen LogP contribution is 2.23. The van der Waals surface area contributed by atoms with Gasteiger partial charge in [-0.05, 0) is 44.9 Å². The number of rotatable bonds is 4. The summed E-state index contributed by atoms with van der Waals surface area (Å²) in [5.41, 5.74) is 1.77. The monoisotopic (exact) mass is 381 g/mol. The number of hydrogen-bond acceptors (Lipinski definition) is 5. The molecule has 0 aromatic carbocycles. The van der Waals surface area contributed by atoms with Gasteiger partial charge < -0.3 is 9.32 Å². The molecule has 4 rings (SSSR count). The molecule has 0 saturated carbocycles. The quantitative estimate of drug-likeness (QED) is 0.693. The predicted molar refractivity (Wildman–Crippen MR) is 103 cm³/mol. The lowest BCUT2D eigenvalue weighted by atomic mass is 10.0. The first kappa shape index (κ1) is 18.2. The summed E-state index contributed by atoms with van der Waals surface area (Å²) < 4.78 is 8.65. The smallest absolute Gasteiger partial charge is 0.267 e. The number of likely N-dealkylation sites (tertiary alicyclic amines) is 1. The molecular formula is C20H23N5O3. The number of aromatic nitrogens is 4. The SMILES string of the molecule is CCn1cc(C(=O)N2CCC[C@@H](n3nc(-c4ccco4)ccc3=O)C2)c(C)n1. The second-order valence-electron chi connectivity index (χ2n) is 7.01. The number of carbonyl (C=O) groups is 1. The van der Waals surface area contributed by atoms with Gasteiger partial charge in [-0.1, -0.05) is 0 Å². The molecule has 0 aliphatic carbocycles. The van der Waals surface area contributed by atoms with E-state index in [0.717, 1.165) is 25.1 Å². The zero-order valence-electron chi connectivity index (χ0n) is 16.0. The molecule has 1 atom stereocenters. The molecule has 8 heteroatoms. The molecule has 3 aromatic heterocycles. The molecule has 1 aliphatic rings. The fourth-order valence-electron chi connectivity index (χ4n) is 3.64. The first-order valence-corrected chi connectivity index (χ1v) is 9.54. The minimum atomic E-state index is -0.176. The molecular weight excluding hydrogens is 358 g/mol. The molecule has 3 aromatic rings. The van der Waals surface area contributed by atoms with Gasteiger partial charge in [0.15, 0.2) is 5.76 Å². The normalized spacial score (nSPS) is 17.1. The zero-order valence-corrected chi connectivity index (χ0v) is 16.0. The van der Waals surface area contributed by atoms with E-state index in [9.17, 15) is 9.59 Å². The van der Waals surface area contributed by atoms with Gasteiger partial charge in [0.25, 0.3) is 11.5 Å². The van der Waals surface area contributed by atoms with Crippen molar-refractivity contribution in [1.29, 1.82) is 0 Å². The molecule has 0 bridgehead atoms. The molecule has 1 saturated heterocycles. The minimum Gasteiger partial charge on any atom is -0.463 e. The molecule has 1 amide bonds. The Balaban J connectivity index is 1.59. The van der Waals surface area contributed by atoms with E-state index < -0.39 is 0 Å². The van der Waals surface area contributed by atoms with Crippen LogP contribution in [0.1, 0.15) is 41.9 Å². The van der Waals surface area contributed by atoms with Gasteiger partial charge >= 0.3 is 0 Å². The Morgan fingerprint density at radius 2 is 2.14 bits per heavy atom. The zero-order chi connectivity index (χ0) is 19.7. The van der Waals surface area contributed by atoms with Crippen LogP contribution in [0.5, 0.6) is 0 Å². The lowest BCUT2D eigenvalue weighted by Gasteiger charge is -2.33. The van der Waals surface area contributed by atoms with E-state index in [4.69, 9.17) is 4.42 Å². The van der Waals surface area contributed by atoms with Gasteiger partial charge in [-0.2, -0.15) is 10.2 Å². The van der Waals surface area contributed by atoms with Crippen LogP contribution in [0.15, 0.2) is 45.9 Å². The third-order valence-electron chi connectivity index (χ3n) is 5.13. The number of carbonyl (C=O) groups excluding carboxylic acids is 1. The molecule has 1 fully saturated rings. The third-order valence-corrected chi connectivity index (χ3v) is 5.13. The fourth-order valence-corrected chi connectivity index (χ4v) is 3.64. The van der Waals surface area contributed by atoms with E-state index in [1.54, 1.807) is 34.2 Å². The van der Waals surface area contributed by atoms with E-state index in [2.05, 4.69) is 10.2 Å². The van der Waals surface area contributed by atoms with E-state index in [1.165, 1.54) is 10.7 Å². The number of piperidine rings is 1. The van der Waals surface area contributed by atoms with Gasteiger partial charge in [0.05, 0.1) is 23.6 Å². The summed E-state index contributed by atoms with van der Waals surface area (Å²) in [4.78, 5) is 27.2. The minimum absolute atomic E-state index is 0.0443. The summed E-state index contributed by atoms with van der Waals surface area (Å²) in [7, 11) is 0. The molecule has 0 unspecified atom stereocenters. The van der Waals surface area contributed by atoms with Crippen LogP contribution < -0.4 is 5.56 Å². The molecule has 1 aliphatic heterocycles. The molecule has 28 heavy (non-hydrogen) atoms. The van der Waals surface area contributed by atoms with Crippen LogP contribution in [0.2, 0.25) is 0 Å². The van der Waals surface area contributed by atoms with Gasteiger partial charge in [-0.25, -0.2) is 4.68 Å². The van der Waals surface area contributed by atoms with Crippen molar-refractivity contribution in [2.24, 2.45) is 0 Å². The van der Waals surface area contributed by atoms with Crippen molar-refractivity contribution < 1.29 is 9.21 Å². The Labute approximate surface area is 162 Å². The van der Waals surface area contributed by atoms with Crippen molar-refractivity contribution >= 4 is 5.91 Å². The summed E-state index contributed by atoms with van der Waals surface area (Å²) in [5, 5.41) is 8.86. The summed E-state index contributed by atoms with van der Waals surface area (Å²) in [6.07, 6.45) is 4.98. The van der Waals surface area contributed by atoms with Crippen LogP contribution in [0.25, 0.3) is 11.5 Å². The van der Waals surface area contributed by atoms with E-state index in [-0.39, 0.29) is 17.5 Å². The first-order valence-electron chi connectivity index (χ1n) is 9.54. The second kappa shape index (κ2) is 7.46. The molecule has 0 radical (unpaired) electrons. The maximum absolute atomic E-state index is 13.0. The van der Waals surface area contributed by atoms with Gasteiger partial charge in [0, 0.05) is 31.9 Å². The Morgan fingerprint density at radius 1 is 1.29 bits per heavy atom. The third kappa shape index (κ3) is 3.37. The average Bonchev–Trinajstić information content (AvgIpc) is 3.38. The van der Waals surface area contributed by atoms with Gasteiger partial charge in [-0.15, -0.1) is 0 Å². The van der Waals surface area contributed by atoms with E-state index in [0.29, 0.717) is 30.1 Å². The Bertz CT molecular complexity index is 1030. The number of hydrogen-bond donors (Lipinski definition) is 0. The van der Waals surface area contributed by atoms with Crippen molar-refractivity contribution in [2.45, 2.75) is 39.3 Å². The highest BCUT2D eigenvalue weighted by Gasteiger charge is 2.28. The maximum Gasteiger partial charge on any atom is 0.267 e. The van der Waals surface area contributed by atoms with Gasteiger partial charge in [-0.3, -0.25) is 14.3 Å². The summed E-state index contributed by atoms with van der Waals surface area (Å²) in [5.74, 6) is 0.567. The van der Waals surface area contributed by atoms with Crippen LogP contribution in [0.4, 0.5) is 0 Å². The molecule has 0 spiro atoms. The summed E-state index contributed by atoms with van der Waals surface area (Å²) in [6.45, 7) is 5.67. The second-order valence-corrected chi connectivity index (χ2v) is 7.01. The van der Waals surface area contributed by atoms with Crippen molar-refractivity contribution in [1.82, 2.24) is 24.5 Å². The van der Waals surface area contributed by atoms with Crippen LogP contribution in [0, 0.1) is 6.92 Å². The number of furan rings is 1. The first-order chi connectivity index (χ1) is 13.6. The van der Waals surface area contributed by atoms with Gasteiger partial charge in [0.1, 0.15) is 5.69 Å². The highest BCUT2D eigenvalue weighted by atomic mass is 16.3. The van der Waals surface area contributed by atoms with Crippen LogP contribution in [0.3, 0.4) is 0 Å². The lowest BCUT2D eigenvalue weighted by Crippen LogP contribution is -2.43. The van der Waals surface area contributed by atoms with Crippen molar-refractivity contribution in [3.63, 3.8) is 0 Å². The van der Waals surface area contributed by atoms with Crippen LogP contribution >= 0.6 is 0 Å². The van der Waals surface area contributed by atoms with Crippen molar-refractivity contribution in [3.8, 4) is 11.5 Å². The van der Waals surface area contributed by atoms with Crippen LogP contribution in [-0.4, -0.2) is 43.5 Å². The van der Waals surface area contributed by atoms with Crippen molar-refractivity contribution in [3.05, 3.63) is 58.3 Å². The highest BCUT2D eigenvalue weighted by molar-refractivity contribution is 5.95. The molecule has 8 nitrogen and oxygen atoms in total. The summed E-state index contributed by atoms with van der Waals surface area (Å²) >= 11 is 0. The average molecular weight is 381 g/mol. The standard InChI is InChI=1S/C20H23N5O3/c1-3-24-13-16(14(2)21-24)20(27)23-10-4-6-15(12-23)25-19(26)9-8-17(22-25)18-7-5-11-28-18/h5,7-9,11,13,15H,3-4,6,10,12H2,1-2H3/t15-/m1/s1. The molecule has 146 valence electrons. The number of aryl methyl sites for hydroxylation is 2.